The molecular formula is C53H58Cl2F6N4O8. The first-order chi connectivity index (χ1) is 34.6. The Labute approximate surface area is 428 Å². The van der Waals surface area contributed by atoms with Crippen molar-refractivity contribution in [2.75, 3.05) is 33.0 Å². The van der Waals surface area contributed by atoms with Gasteiger partial charge < -0.3 is 42.2 Å². The molecule has 0 aliphatic carbocycles. The van der Waals surface area contributed by atoms with Gasteiger partial charge in [-0.05, 0) is 106 Å². The monoisotopic (exact) mass is 1060 g/mol. The number of fused-ring (bicyclic) bond motifs is 4. The van der Waals surface area contributed by atoms with E-state index in [1.807, 2.05) is 59.6 Å². The number of hydrogen-bond donors (Lipinski definition) is 1. The van der Waals surface area contributed by atoms with Gasteiger partial charge in [-0.3, -0.25) is 0 Å². The standard InChI is InChI=1S/C25H24ClF3N2O4.C23H22ClF3N2O3.C4H8O.CH4/c1-3-6-16-20(10-8-18-22(16)35-30-23(18)25(27,28)29)34-14-5-12-31-13-11-15-19(31)9-7-17(21(15)26)24(32)33-4-2;1-2-4-16-19(8-6-17-21(16)32-28-22(17)23(25,26)27)31-12-3-10-29-11-9-15-18(29)7-5-14(13-30)20(15)24;1-2-4-5-3-1;/h7-11,13H,3-6,12,14H2,1-2H3;5-9,11,30H,2-4,10,12-13H2,1H3;1-4H2;1H4. The van der Waals surface area contributed by atoms with Gasteiger partial charge >= 0.3 is 18.3 Å². The molecule has 9 rings (SSSR count). The molecule has 0 spiro atoms. The minimum Gasteiger partial charge on any atom is -0.493 e. The van der Waals surface area contributed by atoms with Gasteiger partial charge in [-0.1, -0.05) is 73.7 Å². The molecule has 394 valence electrons. The van der Waals surface area contributed by atoms with Crippen LogP contribution in [0.5, 0.6) is 11.5 Å². The molecule has 0 bridgehead atoms. The van der Waals surface area contributed by atoms with Gasteiger partial charge in [0.15, 0.2) is 22.6 Å². The molecule has 4 aromatic carbocycles. The summed E-state index contributed by atoms with van der Waals surface area (Å²) in [5.41, 5.74) is 2.21. The fourth-order valence-electron chi connectivity index (χ4n) is 8.48. The zero-order valence-electron chi connectivity index (χ0n) is 39.9. The van der Waals surface area contributed by atoms with E-state index in [4.69, 9.17) is 51.2 Å². The molecule has 0 amide bonds. The third-order valence-corrected chi connectivity index (χ3v) is 12.7. The van der Waals surface area contributed by atoms with Crippen LogP contribution in [0.25, 0.3) is 43.7 Å². The van der Waals surface area contributed by atoms with Crippen LogP contribution in [0.3, 0.4) is 0 Å². The number of alkyl halides is 6. The summed E-state index contributed by atoms with van der Waals surface area (Å²) in [6.07, 6.45) is 0.979. The number of hydrogen-bond acceptors (Lipinski definition) is 10. The van der Waals surface area contributed by atoms with E-state index >= 15 is 0 Å². The van der Waals surface area contributed by atoms with Crippen molar-refractivity contribution in [2.45, 2.75) is 112 Å². The quantitative estimate of drug-likeness (QED) is 0.0533. The summed E-state index contributed by atoms with van der Waals surface area (Å²) in [7, 11) is 0. The molecule has 73 heavy (non-hydrogen) atoms. The average molecular weight is 1060 g/mol. The topological polar surface area (TPSA) is 136 Å². The maximum atomic E-state index is 13.2. The van der Waals surface area contributed by atoms with E-state index in [2.05, 4.69) is 10.3 Å². The lowest BCUT2D eigenvalue weighted by molar-refractivity contribution is -0.142. The second kappa shape index (κ2) is 25.3. The molecule has 1 fully saturated rings. The summed E-state index contributed by atoms with van der Waals surface area (Å²) in [5.74, 6) is 0.537. The van der Waals surface area contributed by atoms with E-state index in [1.165, 1.54) is 25.0 Å². The molecule has 0 unspecified atom stereocenters. The van der Waals surface area contributed by atoms with Crippen molar-refractivity contribution < 1.29 is 64.2 Å². The first kappa shape index (κ1) is 56.3. The molecule has 4 aromatic heterocycles. The Bertz CT molecular complexity index is 3090. The Balaban J connectivity index is 0.000000215. The number of aromatic nitrogens is 4. The highest BCUT2D eigenvalue weighted by Crippen LogP contribution is 2.40. The lowest BCUT2D eigenvalue weighted by atomic mass is 10.0. The third-order valence-electron chi connectivity index (χ3n) is 11.9. The third kappa shape index (κ3) is 13.1. The SMILES string of the molecule is C.C1CCOC1.CCCc1c(OCCCn2ccc3c(Cl)c(C(=O)OCC)ccc32)ccc2c(C(F)(F)F)noc12.CCCc1c(OCCCn2ccc3c(Cl)c(CO)ccc32)ccc2c(C(F)(F)F)noc12. The summed E-state index contributed by atoms with van der Waals surface area (Å²) in [6.45, 7) is 9.76. The van der Waals surface area contributed by atoms with Gasteiger partial charge in [0.1, 0.15) is 11.5 Å². The van der Waals surface area contributed by atoms with Crippen LogP contribution in [0.4, 0.5) is 26.3 Å². The number of ether oxygens (including phenoxy) is 4. The largest absolute Gasteiger partial charge is 0.493 e. The van der Waals surface area contributed by atoms with Gasteiger partial charge in [-0.25, -0.2) is 4.79 Å². The fourth-order valence-corrected chi connectivity index (χ4v) is 9.06. The highest BCUT2D eigenvalue weighted by atomic mass is 35.5. The molecule has 5 heterocycles. The maximum absolute atomic E-state index is 13.2. The molecule has 1 saturated heterocycles. The number of rotatable bonds is 17. The van der Waals surface area contributed by atoms with Crippen LogP contribution >= 0.6 is 23.2 Å². The summed E-state index contributed by atoms with van der Waals surface area (Å²) < 4.78 is 115. The van der Waals surface area contributed by atoms with Crippen molar-refractivity contribution in [3.05, 3.63) is 117 Å². The van der Waals surface area contributed by atoms with Crippen molar-refractivity contribution in [1.82, 2.24) is 19.4 Å². The summed E-state index contributed by atoms with van der Waals surface area (Å²) >= 11 is 12.8. The second-order valence-electron chi connectivity index (χ2n) is 16.8. The molecule has 12 nitrogen and oxygen atoms in total. The predicted octanol–water partition coefficient (Wildman–Crippen LogP) is 14.9. The molecule has 0 atom stereocenters. The number of aliphatic hydroxyl groups is 1. The van der Waals surface area contributed by atoms with E-state index < -0.39 is 29.7 Å². The smallest absolute Gasteiger partial charge is 0.437 e. The van der Waals surface area contributed by atoms with Crippen molar-refractivity contribution in [2.24, 2.45) is 0 Å². The minimum absolute atomic E-state index is 0. The first-order valence-electron chi connectivity index (χ1n) is 23.7. The fraction of sp³-hybridized carbons (Fsp3) is 0.415. The summed E-state index contributed by atoms with van der Waals surface area (Å²) in [5, 5.41) is 18.3. The van der Waals surface area contributed by atoms with Crippen LogP contribution in [0.2, 0.25) is 10.0 Å². The van der Waals surface area contributed by atoms with Crippen molar-refractivity contribution in [3.8, 4) is 11.5 Å². The number of benzene rings is 4. The normalized spacial score (nSPS) is 12.7. The first-order valence-corrected chi connectivity index (χ1v) is 24.5. The Hall–Kier alpha value is -5.95. The Morgan fingerprint density at radius 3 is 1.58 bits per heavy atom. The average Bonchev–Trinajstić information content (AvgIpc) is 4.22. The molecule has 1 aliphatic rings. The van der Waals surface area contributed by atoms with Crippen LogP contribution in [0, 0.1) is 0 Å². The van der Waals surface area contributed by atoms with E-state index in [0.29, 0.717) is 102 Å². The number of carbonyl (C=O) groups is 1. The number of nitrogens with zero attached hydrogens (tertiary/aromatic N) is 4. The van der Waals surface area contributed by atoms with E-state index in [-0.39, 0.29) is 42.6 Å². The maximum Gasteiger partial charge on any atom is 0.437 e. The van der Waals surface area contributed by atoms with Gasteiger partial charge in [0.05, 0.1) is 52.8 Å². The molecule has 20 heteroatoms. The summed E-state index contributed by atoms with van der Waals surface area (Å²) in [4.78, 5) is 12.1. The van der Waals surface area contributed by atoms with Crippen molar-refractivity contribution in [3.63, 3.8) is 0 Å². The Kier molecular flexibility index (Phi) is 19.5. The minimum atomic E-state index is -4.59. The van der Waals surface area contributed by atoms with Gasteiger partial charge in [-0.2, -0.15) is 26.3 Å². The molecule has 1 N–H and O–H groups in total. The van der Waals surface area contributed by atoms with Crippen LogP contribution in [0.15, 0.2) is 82.1 Å². The molecule has 0 saturated carbocycles. The van der Waals surface area contributed by atoms with Crippen LogP contribution in [-0.4, -0.2) is 63.6 Å². The second-order valence-corrected chi connectivity index (χ2v) is 17.6. The van der Waals surface area contributed by atoms with Crippen molar-refractivity contribution >= 4 is 72.9 Å². The summed E-state index contributed by atoms with van der Waals surface area (Å²) in [6, 6.07) is 16.7. The van der Waals surface area contributed by atoms with Crippen LogP contribution in [-0.2, 0) is 54.4 Å². The van der Waals surface area contributed by atoms with Gasteiger partial charge in [-0.15, -0.1) is 0 Å². The zero-order valence-corrected chi connectivity index (χ0v) is 41.4. The Morgan fingerprint density at radius 1 is 0.671 bits per heavy atom. The number of halogens is 8. The zero-order chi connectivity index (χ0) is 51.6. The number of esters is 1. The molecule has 8 aromatic rings. The molecular weight excluding hydrogens is 1010 g/mol. The van der Waals surface area contributed by atoms with Crippen LogP contribution < -0.4 is 9.47 Å². The number of aryl methyl sites for hydroxylation is 4. The lowest BCUT2D eigenvalue weighted by Gasteiger charge is -2.12. The molecule has 1 aliphatic heterocycles. The predicted molar refractivity (Wildman–Crippen MR) is 269 cm³/mol. The highest BCUT2D eigenvalue weighted by molar-refractivity contribution is 6.38. The number of aliphatic hydroxyl groups excluding tert-OH is 1. The van der Waals surface area contributed by atoms with Gasteiger partial charge in [0.25, 0.3) is 0 Å². The highest BCUT2D eigenvalue weighted by Gasteiger charge is 2.39. The lowest BCUT2D eigenvalue weighted by Crippen LogP contribution is -2.07. The van der Waals surface area contributed by atoms with Crippen molar-refractivity contribution in [1.29, 1.82) is 0 Å². The van der Waals surface area contributed by atoms with E-state index in [0.717, 1.165) is 41.4 Å². The van der Waals surface area contributed by atoms with Crippen LogP contribution in [0.1, 0.15) is 105 Å². The Morgan fingerprint density at radius 2 is 1.15 bits per heavy atom. The van der Waals surface area contributed by atoms with Gasteiger partial charge in [0.2, 0.25) is 0 Å². The van der Waals surface area contributed by atoms with Gasteiger partial charge in [0, 0.05) is 71.6 Å². The van der Waals surface area contributed by atoms with E-state index in [9.17, 15) is 36.2 Å². The number of carbonyl (C=O) groups excluding carboxylic acids is 1. The van der Waals surface area contributed by atoms with E-state index in [1.54, 1.807) is 31.2 Å². The molecule has 0 radical (unpaired) electrons.